The predicted molar refractivity (Wildman–Crippen MR) is 91.0 cm³/mol. The molecule has 7 heteroatoms. The highest BCUT2D eigenvalue weighted by molar-refractivity contribution is 6.10. The summed E-state index contributed by atoms with van der Waals surface area (Å²) in [4.78, 5) is 35.6. The van der Waals surface area contributed by atoms with Gasteiger partial charge in [-0.25, -0.2) is 0 Å². The van der Waals surface area contributed by atoms with Gasteiger partial charge in [0.25, 0.3) is 0 Å². The van der Waals surface area contributed by atoms with Gasteiger partial charge < -0.3 is 9.67 Å². The summed E-state index contributed by atoms with van der Waals surface area (Å²) in [6.45, 7) is 0. The standard InChI is InChI=1S/C18H18N2O5/c21-16-9-5-4-8-14(16)17(22)12-10-15(20(24)25)18(23)19(11-12)13-6-2-1-3-7-13/h4-5,8-11,13,21H,1-3,6-7H2. The summed E-state index contributed by atoms with van der Waals surface area (Å²) in [5, 5.41) is 21.1. The van der Waals surface area contributed by atoms with E-state index in [9.17, 15) is 24.8 Å². The van der Waals surface area contributed by atoms with Crippen molar-refractivity contribution < 1.29 is 14.8 Å². The summed E-state index contributed by atoms with van der Waals surface area (Å²) in [6.07, 6.45) is 5.87. The van der Waals surface area contributed by atoms with Crippen LogP contribution in [-0.2, 0) is 0 Å². The average Bonchev–Trinajstić information content (AvgIpc) is 2.62. The Balaban J connectivity index is 2.12. The SMILES string of the molecule is O=C(c1cc([N+](=O)[O-])c(=O)n(C2CCCCC2)c1)c1ccccc1O. The zero-order valence-corrected chi connectivity index (χ0v) is 13.6. The number of hydrogen-bond donors (Lipinski definition) is 1. The smallest absolute Gasteiger partial charge is 0.334 e. The van der Waals surface area contributed by atoms with Gasteiger partial charge in [0.15, 0.2) is 5.78 Å². The van der Waals surface area contributed by atoms with Crippen LogP contribution in [0.25, 0.3) is 0 Å². The highest BCUT2D eigenvalue weighted by atomic mass is 16.6. The second-order valence-corrected chi connectivity index (χ2v) is 6.22. The van der Waals surface area contributed by atoms with E-state index in [1.165, 1.54) is 22.9 Å². The molecule has 7 nitrogen and oxygen atoms in total. The van der Waals surface area contributed by atoms with Gasteiger partial charge >= 0.3 is 11.2 Å². The van der Waals surface area contributed by atoms with E-state index in [2.05, 4.69) is 0 Å². The lowest BCUT2D eigenvalue weighted by Crippen LogP contribution is -2.28. The minimum atomic E-state index is -0.761. The Bertz CT molecular complexity index is 881. The summed E-state index contributed by atoms with van der Waals surface area (Å²) in [7, 11) is 0. The summed E-state index contributed by atoms with van der Waals surface area (Å²) in [6, 6.07) is 6.85. The molecule has 1 aliphatic carbocycles. The third-order valence-electron chi connectivity index (χ3n) is 4.60. The predicted octanol–water partition coefficient (Wildman–Crippen LogP) is 3.20. The number of carbonyl (C=O) groups excluding carboxylic acids is 1. The molecule has 1 fully saturated rings. The van der Waals surface area contributed by atoms with Crippen molar-refractivity contribution in [1.29, 1.82) is 0 Å². The number of phenolic OH excluding ortho intramolecular Hbond substituents is 1. The molecular formula is C18H18N2O5. The van der Waals surface area contributed by atoms with Crippen molar-refractivity contribution in [2.45, 2.75) is 38.1 Å². The lowest BCUT2D eigenvalue weighted by atomic mass is 9.94. The van der Waals surface area contributed by atoms with Crippen LogP contribution in [0.15, 0.2) is 41.3 Å². The first-order valence-electron chi connectivity index (χ1n) is 8.22. The fourth-order valence-corrected chi connectivity index (χ4v) is 3.29. The number of nitrogens with zero attached hydrogens (tertiary/aromatic N) is 2. The van der Waals surface area contributed by atoms with Crippen molar-refractivity contribution >= 4 is 11.5 Å². The first-order chi connectivity index (χ1) is 12.0. The van der Waals surface area contributed by atoms with Gasteiger partial charge in [0.2, 0.25) is 0 Å². The van der Waals surface area contributed by atoms with Gasteiger partial charge in [0.1, 0.15) is 5.75 Å². The van der Waals surface area contributed by atoms with Crippen LogP contribution < -0.4 is 5.56 Å². The molecule has 0 unspecified atom stereocenters. The Morgan fingerprint density at radius 2 is 1.88 bits per heavy atom. The van der Waals surface area contributed by atoms with Gasteiger partial charge in [-0.3, -0.25) is 19.7 Å². The van der Waals surface area contributed by atoms with Crippen LogP contribution in [0.2, 0.25) is 0 Å². The topological polar surface area (TPSA) is 102 Å². The summed E-state index contributed by atoms with van der Waals surface area (Å²) >= 11 is 0. The Morgan fingerprint density at radius 1 is 1.20 bits per heavy atom. The molecule has 0 radical (unpaired) electrons. The number of hydrogen-bond acceptors (Lipinski definition) is 5. The Kier molecular flexibility index (Phi) is 4.65. The van der Waals surface area contributed by atoms with Gasteiger partial charge in [-0.05, 0) is 25.0 Å². The molecule has 130 valence electrons. The molecule has 25 heavy (non-hydrogen) atoms. The van der Waals surface area contributed by atoms with Gasteiger partial charge in [-0.15, -0.1) is 0 Å². The highest BCUT2D eigenvalue weighted by Gasteiger charge is 2.25. The molecular weight excluding hydrogens is 324 g/mol. The van der Waals surface area contributed by atoms with Gasteiger partial charge in [-0.2, -0.15) is 0 Å². The van der Waals surface area contributed by atoms with Crippen molar-refractivity contribution in [1.82, 2.24) is 4.57 Å². The van der Waals surface area contributed by atoms with Crippen LogP contribution in [0.4, 0.5) is 5.69 Å². The lowest BCUT2D eigenvalue weighted by Gasteiger charge is -2.24. The normalized spacial score (nSPS) is 15.0. The second-order valence-electron chi connectivity index (χ2n) is 6.22. The molecule has 0 saturated heterocycles. The minimum Gasteiger partial charge on any atom is -0.507 e. The number of pyridine rings is 1. The van der Waals surface area contributed by atoms with E-state index in [1.54, 1.807) is 12.1 Å². The first kappa shape index (κ1) is 16.9. The molecule has 0 aliphatic heterocycles. The van der Waals surface area contributed by atoms with E-state index in [0.29, 0.717) is 0 Å². The van der Waals surface area contributed by atoms with E-state index < -0.39 is 22.0 Å². The fraction of sp³-hybridized carbons (Fsp3) is 0.333. The third-order valence-corrected chi connectivity index (χ3v) is 4.60. The number of phenols is 1. The number of benzene rings is 1. The number of aromatic hydroxyl groups is 1. The van der Waals surface area contributed by atoms with Gasteiger partial charge in [0, 0.05) is 23.9 Å². The second kappa shape index (κ2) is 6.88. The quantitative estimate of drug-likeness (QED) is 0.522. The van der Waals surface area contributed by atoms with Crippen molar-refractivity contribution in [3.05, 3.63) is 68.1 Å². The monoisotopic (exact) mass is 342 g/mol. The molecule has 1 N–H and O–H groups in total. The highest BCUT2D eigenvalue weighted by Crippen LogP contribution is 2.28. The molecule has 0 bridgehead atoms. The van der Waals surface area contributed by atoms with Crippen LogP contribution in [0.3, 0.4) is 0 Å². The maximum absolute atomic E-state index is 12.7. The Labute approximate surface area is 143 Å². The first-order valence-corrected chi connectivity index (χ1v) is 8.22. The van der Waals surface area contributed by atoms with Gasteiger partial charge in [0.05, 0.1) is 10.5 Å². The van der Waals surface area contributed by atoms with E-state index in [4.69, 9.17) is 0 Å². The Morgan fingerprint density at radius 3 is 2.52 bits per heavy atom. The van der Waals surface area contributed by atoms with Crippen molar-refractivity contribution in [2.24, 2.45) is 0 Å². The number of para-hydroxylation sites is 1. The summed E-state index contributed by atoms with van der Waals surface area (Å²) < 4.78 is 1.32. The number of rotatable bonds is 4. The molecule has 1 aliphatic rings. The van der Waals surface area contributed by atoms with E-state index in [-0.39, 0.29) is 22.9 Å². The van der Waals surface area contributed by atoms with E-state index >= 15 is 0 Å². The fourth-order valence-electron chi connectivity index (χ4n) is 3.29. The van der Waals surface area contributed by atoms with Crippen molar-refractivity contribution in [3.63, 3.8) is 0 Å². The number of carbonyl (C=O) groups is 1. The van der Waals surface area contributed by atoms with Crippen LogP contribution in [0.1, 0.15) is 54.1 Å². The maximum Gasteiger partial charge on any atom is 0.334 e. The van der Waals surface area contributed by atoms with Crippen molar-refractivity contribution in [3.8, 4) is 5.75 Å². The zero-order chi connectivity index (χ0) is 18.0. The third kappa shape index (κ3) is 3.31. The molecule has 0 amide bonds. The van der Waals surface area contributed by atoms with Crippen LogP contribution in [0, 0.1) is 10.1 Å². The average molecular weight is 342 g/mol. The molecule has 3 rings (SSSR count). The number of nitro groups is 1. The van der Waals surface area contributed by atoms with Crippen LogP contribution >= 0.6 is 0 Å². The number of aromatic nitrogens is 1. The maximum atomic E-state index is 12.7. The van der Waals surface area contributed by atoms with Crippen LogP contribution in [-0.4, -0.2) is 20.4 Å². The molecule has 1 aromatic heterocycles. The lowest BCUT2D eigenvalue weighted by molar-refractivity contribution is -0.386. The zero-order valence-electron chi connectivity index (χ0n) is 13.6. The Hall–Kier alpha value is -2.96. The van der Waals surface area contributed by atoms with Crippen molar-refractivity contribution in [2.75, 3.05) is 0 Å². The summed E-state index contributed by atoms with van der Waals surface area (Å²) in [5.74, 6) is -0.753. The van der Waals surface area contributed by atoms with Gasteiger partial charge in [-0.1, -0.05) is 31.4 Å². The molecule has 0 atom stereocenters. The van der Waals surface area contributed by atoms with Crippen LogP contribution in [0.5, 0.6) is 5.75 Å². The molecule has 1 saturated carbocycles. The molecule has 2 aromatic rings. The molecule has 1 heterocycles. The molecule has 1 aromatic carbocycles. The molecule has 0 spiro atoms. The largest absolute Gasteiger partial charge is 0.507 e. The van der Waals surface area contributed by atoms with E-state index in [1.807, 2.05) is 0 Å². The van der Waals surface area contributed by atoms with E-state index in [0.717, 1.165) is 38.2 Å². The summed E-state index contributed by atoms with van der Waals surface area (Å²) in [5.41, 5.74) is -1.23. The number of ketones is 1. The minimum absolute atomic E-state index is 0.0263.